The molecule has 0 fully saturated rings. The average Bonchev–Trinajstić information content (AvgIpc) is 2.57. The number of nitrogens with one attached hydrogen (secondary N) is 1. The van der Waals surface area contributed by atoms with Gasteiger partial charge in [0.1, 0.15) is 12.4 Å². The van der Waals surface area contributed by atoms with Crippen LogP contribution in [0.25, 0.3) is 0 Å². The summed E-state index contributed by atoms with van der Waals surface area (Å²) in [7, 11) is -2.00. The standard InChI is InChI=1S/C17H20ClNO4S/c1-13-3-8-16(11-17(13)18)24(20,21)19-12-14-4-6-15(7-5-14)23-10-9-22-2/h3-8,11,19H,9-10,12H2,1-2H3. The number of ether oxygens (including phenoxy) is 2. The van der Waals surface area contributed by atoms with Crippen LogP contribution in [-0.2, 0) is 21.3 Å². The summed E-state index contributed by atoms with van der Waals surface area (Å²) in [6, 6.07) is 11.9. The Morgan fingerprint density at radius 2 is 1.79 bits per heavy atom. The molecule has 2 aromatic rings. The summed E-state index contributed by atoms with van der Waals surface area (Å²) in [5.74, 6) is 0.712. The van der Waals surface area contributed by atoms with E-state index in [-0.39, 0.29) is 11.4 Å². The van der Waals surface area contributed by atoms with Crippen molar-refractivity contribution in [3.63, 3.8) is 0 Å². The molecule has 0 saturated carbocycles. The summed E-state index contributed by atoms with van der Waals surface area (Å²) < 4.78 is 37.5. The van der Waals surface area contributed by atoms with Crippen LogP contribution in [0, 0.1) is 6.92 Å². The van der Waals surface area contributed by atoms with Gasteiger partial charge in [-0.2, -0.15) is 0 Å². The van der Waals surface area contributed by atoms with Crippen molar-refractivity contribution in [2.24, 2.45) is 0 Å². The molecule has 2 aromatic carbocycles. The maximum atomic E-state index is 12.3. The Morgan fingerprint density at radius 3 is 2.42 bits per heavy atom. The van der Waals surface area contributed by atoms with Crippen LogP contribution in [0.3, 0.4) is 0 Å². The second-order valence-electron chi connectivity index (χ2n) is 5.22. The fraction of sp³-hybridized carbons (Fsp3) is 0.294. The van der Waals surface area contributed by atoms with E-state index in [1.54, 1.807) is 25.3 Å². The number of aryl methyl sites for hydroxylation is 1. The second kappa shape index (κ2) is 8.48. The van der Waals surface area contributed by atoms with Crippen LogP contribution in [0.1, 0.15) is 11.1 Å². The molecule has 7 heteroatoms. The van der Waals surface area contributed by atoms with Crippen LogP contribution < -0.4 is 9.46 Å². The number of hydrogen-bond donors (Lipinski definition) is 1. The Balaban J connectivity index is 1.97. The highest BCUT2D eigenvalue weighted by Gasteiger charge is 2.14. The average molecular weight is 370 g/mol. The highest BCUT2D eigenvalue weighted by atomic mass is 35.5. The third-order valence-electron chi connectivity index (χ3n) is 3.40. The summed E-state index contributed by atoms with van der Waals surface area (Å²) in [6.45, 7) is 2.99. The van der Waals surface area contributed by atoms with Crippen molar-refractivity contribution in [3.8, 4) is 5.75 Å². The first-order valence-electron chi connectivity index (χ1n) is 7.39. The van der Waals surface area contributed by atoms with E-state index in [1.807, 2.05) is 19.1 Å². The molecule has 0 aliphatic carbocycles. The van der Waals surface area contributed by atoms with Gasteiger partial charge in [0, 0.05) is 18.7 Å². The Bertz CT molecular complexity index is 776. The van der Waals surface area contributed by atoms with E-state index < -0.39 is 10.0 Å². The van der Waals surface area contributed by atoms with Crippen molar-refractivity contribution < 1.29 is 17.9 Å². The van der Waals surface area contributed by atoms with Crippen molar-refractivity contribution in [3.05, 3.63) is 58.6 Å². The molecule has 0 amide bonds. The molecule has 0 radical (unpaired) electrons. The molecule has 0 unspecified atom stereocenters. The lowest BCUT2D eigenvalue weighted by Gasteiger charge is -2.09. The van der Waals surface area contributed by atoms with Crippen molar-refractivity contribution in [2.45, 2.75) is 18.4 Å². The monoisotopic (exact) mass is 369 g/mol. The zero-order valence-electron chi connectivity index (χ0n) is 13.6. The number of rotatable bonds is 8. The first-order valence-corrected chi connectivity index (χ1v) is 9.25. The topological polar surface area (TPSA) is 64.6 Å². The van der Waals surface area contributed by atoms with Gasteiger partial charge in [0.05, 0.1) is 11.5 Å². The fourth-order valence-corrected chi connectivity index (χ4v) is 3.24. The SMILES string of the molecule is COCCOc1ccc(CNS(=O)(=O)c2ccc(C)c(Cl)c2)cc1. The third kappa shape index (κ3) is 5.21. The lowest BCUT2D eigenvalue weighted by molar-refractivity contribution is 0.146. The van der Waals surface area contributed by atoms with Gasteiger partial charge in [-0.1, -0.05) is 29.8 Å². The van der Waals surface area contributed by atoms with Crippen LogP contribution in [0.5, 0.6) is 5.75 Å². The zero-order chi connectivity index (χ0) is 17.6. The molecule has 5 nitrogen and oxygen atoms in total. The van der Waals surface area contributed by atoms with Crippen molar-refractivity contribution in [2.75, 3.05) is 20.3 Å². The van der Waals surface area contributed by atoms with E-state index in [0.29, 0.717) is 24.0 Å². The van der Waals surface area contributed by atoms with Gasteiger partial charge in [-0.15, -0.1) is 0 Å². The molecular formula is C17H20ClNO4S. The molecule has 0 heterocycles. The quantitative estimate of drug-likeness (QED) is 0.726. The second-order valence-corrected chi connectivity index (χ2v) is 7.39. The molecule has 0 aromatic heterocycles. The van der Waals surface area contributed by atoms with Crippen molar-refractivity contribution in [1.82, 2.24) is 4.72 Å². The summed E-state index contributed by atoms with van der Waals surface area (Å²) in [5, 5.41) is 0.426. The number of sulfonamides is 1. The van der Waals surface area contributed by atoms with Gasteiger partial charge in [0.2, 0.25) is 10.0 Å². The van der Waals surface area contributed by atoms with Crippen LogP contribution >= 0.6 is 11.6 Å². The minimum absolute atomic E-state index is 0.151. The largest absolute Gasteiger partial charge is 0.491 e. The summed E-state index contributed by atoms with van der Waals surface area (Å²) >= 11 is 5.99. The van der Waals surface area contributed by atoms with Crippen LogP contribution in [-0.4, -0.2) is 28.7 Å². The number of halogens is 1. The van der Waals surface area contributed by atoms with Gasteiger partial charge >= 0.3 is 0 Å². The third-order valence-corrected chi connectivity index (χ3v) is 5.21. The molecule has 0 atom stereocenters. The van der Waals surface area contributed by atoms with E-state index in [9.17, 15) is 8.42 Å². The Kier molecular flexibility index (Phi) is 6.62. The molecule has 0 spiro atoms. The number of benzene rings is 2. The molecule has 0 aliphatic heterocycles. The minimum Gasteiger partial charge on any atom is -0.491 e. The van der Waals surface area contributed by atoms with E-state index in [1.165, 1.54) is 12.1 Å². The van der Waals surface area contributed by atoms with Crippen LogP contribution in [0.15, 0.2) is 47.4 Å². The Hall–Kier alpha value is -1.60. The highest BCUT2D eigenvalue weighted by molar-refractivity contribution is 7.89. The molecule has 0 aliphatic rings. The lowest BCUT2D eigenvalue weighted by atomic mass is 10.2. The zero-order valence-corrected chi connectivity index (χ0v) is 15.2. The molecular weight excluding hydrogens is 350 g/mol. The lowest BCUT2D eigenvalue weighted by Crippen LogP contribution is -2.23. The molecule has 130 valence electrons. The summed E-state index contributed by atoms with van der Waals surface area (Å²) in [4.78, 5) is 0.151. The Labute approximate surface area is 147 Å². The first-order chi connectivity index (χ1) is 11.4. The summed E-state index contributed by atoms with van der Waals surface area (Å²) in [6.07, 6.45) is 0. The molecule has 24 heavy (non-hydrogen) atoms. The maximum absolute atomic E-state index is 12.3. The van der Waals surface area contributed by atoms with Gasteiger partial charge in [-0.3, -0.25) is 0 Å². The number of methoxy groups -OCH3 is 1. The molecule has 1 N–H and O–H groups in total. The smallest absolute Gasteiger partial charge is 0.240 e. The van der Waals surface area contributed by atoms with Crippen LogP contribution in [0.2, 0.25) is 5.02 Å². The fourth-order valence-electron chi connectivity index (χ4n) is 1.95. The molecule has 0 saturated heterocycles. The van der Waals surface area contributed by atoms with Gasteiger partial charge < -0.3 is 9.47 Å². The predicted octanol–water partition coefficient (Wildman–Crippen LogP) is 3.15. The van der Waals surface area contributed by atoms with Gasteiger partial charge in [-0.25, -0.2) is 13.1 Å². The van der Waals surface area contributed by atoms with Gasteiger partial charge in [0.25, 0.3) is 0 Å². The minimum atomic E-state index is -3.61. The predicted molar refractivity (Wildman–Crippen MR) is 94.0 cm³/mol. The first kappa shape index (κ1) is 18.7. The molecule has 0 bridgehead atoms. The molecule has 2 rings (SSSR count). The van der Waals surface area contributed by atoms with Crippen molar-refractivity contribution >= 4 is 21.6 Å². The van der Waals surface area contributed by atoms with E-state index in [4.69, 9.17) is 21.1 Å². The highest BCUT2D eigenvalue weighted by Crippen LogP contribution is 2.20. The summed E-state index contributed by atoms with van der Waals surface area (Å²) in [5.41, 5.74) is 1.66. The van der Waals surface area contributed by atoms with E-state index in [2.05, 4.69) is 4.72 Å². The number of hydrogen-bond acceptors (Lipinski definition) is 4. The van der Waals surface area contributed by atoms with E-state index in [0.717, 1.165) is 11.1 Å². The normalized spacial score (nSPS) is 11.5. The van der Waals surface area contributed by atoms with Gasteiger partial charge in [-0.05, 0) is 42.3 Å². The van der Waals surface area contributed by atoms with Crippen LogP contribution in [0.4, 0.5) is 0 Å². The van der Waals surface area contributed by atoms with Gasteiger partial charge in [0.15, 0.2) is 0 Å². The van der Waals surface area contributed by atoms with E-state index >= 15 is 0 Å². The van der Waals surface area contributed by atoms with Crippen molar-refractivity contribution in [1.29, 1.82) is 0 Å². The Morgan fingerprint density at radius 1 is 1.08 bits per heavy atom. The maximum Gasteiger partial charge on any atom is 0.240 e.